The van der Waals surface area contributed by atoms with Gasteiger partial charge in [0.15, 0.2) is 5.82 Å². The van der Waals surface area contributed by atoms with E-state index in [1.54, 1.807) is 20.3 Å². The first kappa shape index (κ1) is 15.8. The average Bonchev–Trinajstić information content (AvgIpc) is 3.22. The molecule has 0 saturated carbocycles. The van der Waals surface area contributed by atoms with Crippen molar-refractivity contribution < 1.29 is 4.79 Å². The summed E-state index contributed by atoms with van der Waals surface area (Å²) in [5.74, 6) is 0.657. The second-order valence-electron chi connectivity index (χ2n) is 6.16. The number of carbonyl (C=O) groups excluding carboxylic acids is 1. The van der Waals surface area contributed by atoms with E-state index in [1.807, 2.05) is 38.4 Å². The first-order chi connectivity index (χ1) is 12.0. The third-order valence-electron chi connectivity index (χ3n) is 4.43. The van der Waals surface area contributed by atoms with E-state index in [1.165, 1.54) is 0 Å². The molecule has 2 aromatic heterocycles. The molecule has 0 unspecified atom stereocenters. The van der Waals surface area contributed by atoms with Crippen LogP contribution in [0.15, 0.2) is 30.5 Å². The molecule has 1 aliphatic rings. The van der Waals surface area contributed by atoms with Gasteiger partial charge in [0.05, 0.1) is 22.8 Å². The van der Waals surface area contributed by atoms with Crippen molar-refractivity contribution in [2.24, 2.45) is 7.05 Å². The number of nitrogens with zero attached hydrogens (tertiary/aromatic N) is 6. The van der Waals surface area contributed by atoms with Crippen LogP contribution in [0.5, 0.6) is 0 Å². The molecule has 1 aliphatic heterocycles. The van der Waals surface area contributed by atoms with Crippen LogP contribution in [0, 0.1) is 6.92 Å². The van der Waals surface area contributed by atoms with Gasteiger partial charge < -0.3 is 4.90 Å². The largest absolute Gasteiger partial charge is 0.332 e. The molecular weight excluding hydrogens is 340 g/mol. The fourth-order valence-corrected chi connectivity index (χ4v) is 3.27. The van der Waals surface area contributed by atoms with Crippen LogP contribution in [0.4, 0.5) is 0 Å². The number of amides is 1. The molecule has 0 spiro atoms. The summed E-state index contributed by atoms with van der Waals surface area (Å²) in [7, 11) is 1.86. The van der Waals surface area contributed by atoms with Gasteiger partial charge in [0, 0.05) is 32.3 Å². The Morgan fingerprint density at radius 3 is 2.88 bits per heavy atom. The Morgan fingerprint density at radius 2 is 2.12 bits per heavy atom. The van der Waals surface area contributed by atoms with Crippen LogP contribution >= 0.6 is 11.6 Å². The number of hydrogen-bond donors (Lipinski definition) is 0. The first-order valence-corrected chi connectivity index (χ1v) is 8.40. The van der Waals surface area contributed by atoms with Gasteiger partial charge in [0.25, 0.3) is 5.91 Å². The number of rotatable bonds is 2. The molecule has 0 atom stereocenters. The average molecular weight is 357 g/mol. The van der Waals surface area contributed by atoms with E-state index in [-0.39, 0.29) is 5.91 Å². The molecule has 1 aromatic carbocycles. The summed E-state index contributed by atoms with van der Waals surface area (Å²) in [4.78, 5) is 14.6. The van der Waals surface area contributed by atoms with Gasteiger partial charge in [-0.25, -0.2) is 0 Å². The molecule has 0 bridgehead atoms. The van der Waals surface area contributed by atoms with Crippen molar-refractivity contribution in [1.82, 2.24) is 29.7 Å². The zero-order valence-corrected chi connectivity index (χ0v) is 14.7. The van der Waals surface area contributed by atoms with Gasteiger partial charge in [-0.1, -0.05) is 28.9 Å². The number of fused-ring (bicyclic) bond motifs is 1. The van der Waals surface area contributed by atoms with E-state index in [4.69, 9.17) is 11.6 Å². The van der Waals surface area contributed by atoms with Crippen LogP contribution in [0.25, 0.3) is 5.82 Å². The van der Waals surface area contributed by atoms with Crippen molar-refractivity contribution in [3.8, 4) is 5.82 Å². The molecule has 7 nitrogen and oxygen atoms in total. The molecule has 3 heterocycles. The quantitative estimate of drug-likeness (QED) is 0.705. The molecule has 128 valence electrons. The molecule has 0 saturated heterocycles. The van der Waals surface area contributed by atoms with Crippen LogP contribution < -0.4 is 0 Å². The van der Waals surface area contributed by atoms with Gasteiger partial charge in [-0.2, -0.15) is 9.78 Å². The topological polar surface area (TPSA) is 68.8 Å². The van der Waals surface area contributed by atoms with E-state index >= 15 is 0 Å². The van der Waals surface area contributed by atoms with Gasteiger partial charge in [-0.15, -0.1) is 5.10 Å². The monoisotopic (exact) mass is 356 g/mol. The fourth-order valence-electron chi connectivity index (χ4n) is 3.06. The third-order valence-corrected chi connectivity index (χ3v) is 4.93. The lowest BCUT2D eigenvalue weighted by Crippen LogP contribution is -2.36. The maximum Gasteiger partial charge on any atom is 0.255 e. The first-order valence-electron chi connectivity index (χ1n) is 8.02. The van der Waals surface area contributed by atoms with E-state index in [0.29, 0.717) is 30.1 Å². The molecule has 25 heavy (non-hydrogen) atoms. The zero-order chi connectivity index (χ0) is 17.6. The van der Waals surface area contributed by atoms with Crippen molar-refractivity contribution in [1.29, 1.82) is 0 Å². The van der Waals surface area contributed by atoms with Gasteiger partial charge in [-0.3, -0.25) is 9.48 Å². The number of benzene rings is 1. The summed E-state index contributed by atoms with van der Waals surface area (Å²) in [5.41, 5.74) is 3.22. The minimum atomic E-state index is -0.0771. The standard InChI is InChI=1S/C17H17ClN6O/c1-11-4-3-5-12(16(11)18)17(25)23-9-6-14-13(10-23)19-21-24(14)15-7-8-22(2)20-15/h3-5,7-8H,6,9-10H2,1-2H3. The second kappa shape index (κ2) is 6.00. The lowest BCUT2D eigenvalue weighted by molar-refractivity contribution is 0.0731. The molecule has 0 radical (unpaired) electrons. The van der Waals surface area contributed by atoms with Crippen molar-refractivity contribution in [2.45, 2.75) is 19.9 Å². The Kier molecular flexibility index (Phi) is 3.80. The van der Waals surface area contributed by atoms with Crippen molar-refractivity contribution in [3.63, 3.8) is 0 Å². The van der Waals surface area contributed by atoms with E-state index in [9.17, 15) is 4.79 Å². The third kappa shape index (κ3) is 2.70. The summed E-state index contributed by atoms with van der Waals surface area (Å²) in [5, 5.41) is 13.3. The molecule has 0 aliphatic carbocycles. The highest BCUT2D eigenvalue weighted by Crippen LogP contribution is 2.25. The predicted octanol–water partition coefficient (Wildman–Crippen LogP) is 2.16. The Morgan fingerprint density at radius 1 is 1.28 bits per heavy atom. The van der Waals surface area contributed by atoms with E-state index < -0.39 is 0 Å². The summed E-state index contributed by atoms with van der Waals surface area (Å²) in [6.45, 7) is 2.91. The van der Waals surface area contributed by atoms with Crippen LogP contribution in [0.3, 0.4) is 0 Å². The lowest BCUT2D eigenvalue weighted by Gasteiger charge is -2.26. The van der Waals surface area contributed by atoms with Gasteiger partial charge in [-0.05, 0) is 18.6 Å². The molecule has 3 aromatic rings. The number of hydrogen-bond acceptors (Lipinski definition) is 4. The summed E-state index contributed by atoms with van der Waals surface area (Å²) >= 11 is 6.30. The fraction of sp³-hybridized carbons (Fsp3) is 0.294. The Hall–Kier alpha value is -2.67. The van der Waals surface area contributed by atoms with Crippen LogP contribution in [-0.4, -0.2) is 42.1 Å². The minimum Gasteiger partial charge on any atom is -0.332 e. The summed E-state index contributed by atoms with van der Waals surface area (Å²) < 4.78 is 3.47. The Bertz CT molecular complexity index is 960. The van der Waals surface area contributed by atoms with Crippen LogP contribution in [-0.2, 0) is 20.0 Å². The molecule has 1 amide bonds. The Balaban J connectivity index is 1.61. The highest BCUT2D eigenvalue weighted by atomic mass is 35.5. The highest BCUT2D eigenvalue weighted by molar-refractivity contribution is 6.34. The van der Waals surface area contributed by atoms with Crippen LogP contribution in [0.1, 0.15) is 27.3 Å². The lowest BCUT2D eigenvalue weighted by atomic mass is 10.1. The summed E-state index contributed by atoms with van der Waals surface area (Å²) in [6, 6.07) is 7.39. The molecule has 8 heteroatoms. The number of aryl methyl sites for hydroxylation is 2. The highest BCUT2D eigenvalue weighted by Gasteiger charge is 2.28. The van der Waals surface area contributed by atoms with Crippen molar-refractivity contribution >= 4 is 17.5 Å². The number of carbonyl (C=O) groups is 1. The van der Waals surface area contributed by atoms with Gasteiger partial charge in [0.1, 0.15) is 5.69 Å². The molecule has 0 N–H and O–H groups in total. The van der Waals surface area contributed by atoms with Gasteiger partial charge >= 0.3 is 0 Å². The van der Waals surface area contributed by atoms with Crippen molar-refractivity contribution in [3.05, 3.63) is 58.0 Å². The maximum absolute atomic E-state index is 12.8. The summed E-state index contributed by atoms with van der Waals surface area (Å²) in [6.07, 6.45) is 2.54. The molecular formula is C17H17ClN6O. The molecule has 4 rings (SSSR count). The van der Waals surface area contributed by atoms with Crippen LogP contribution in [0.2, 0.25) is 5.02 Å². The second-order valence-corrected chi connectivity index (χ2v) is 6.53. The zero-order valence-electron chi connectivity index (χ0n) is 14.0. The Labute approximate surface area is 149 Å². The van der Waals surface area contributed by atoms with E-state index in [2.05, 4.69) is 15.4 Å². The smallest absolute Gasteiger partial charge is 0.255 e. The van der Waals surface area contributed by atoms with Crippen molar-refractivity contribution in [2.75, 3.05) is 6.54 Å². The van der Waals surface area contributed by atoms with E-state index in [0.717, 1.165) is 22.8 Å². The molecule has 0 fully saturated rings. The maximum atomic E-state index is 12.8. The van der Waals surface area contributed by atoms with Gasteiger partial charge in [0.2, 0.25) is 0 Å². The predicted molar refractivity (Wildman–Crippen MR) is 92.8 cm³/mol. The number of aromatic nitrogens is 5. The normalized spacial score (nSPS) is 13.8. The SMILES string of the molecule is Cc1cccc(C(=O)N2CCc3c(nnn3-c3ccn(C)n3)C2)c1Cl. The number of halogens is 1. The minimum absolute atomic E-state index is 0.0771.